The average molecular weight is 315 g/mol. The maximum atomic E-state index is 13.5. The van der Waals surface area contributed by atoms with Crippen molar-refractivity contribution >= 4 is 29.2 Å². The molecule has 0 saturated carbocycles. The number of halogens is 3. The molecule has 0 unspecified atom stereocenters. The Hall–Kier alpha value is -1.78. The summed E-state index contributed by atoms with van der Waals surface area (Å²) in [5, 5.41) is 9.61. The summed E-state index contributed by atoms with van der Waals surface area (Å²) in [4.78, 5) is 10.7. The van der Waals surface area contributed by atoms with Gasteiger partial charge in [0.1, 0.15) is 18.2 Å². The second-order valence-electron chi connectivity index (χ2n) is 3.94. The number of aromatic carboxylic acids is 1. The number of hydrogen-bond donors (Lipinski definition) is 1. The molecule has 0 spiro atoms. The summed E-state index contributed by atoms with van der Waals surface area (Å²) in [5.74, 6) is -1.99. The van der Waals surface area contributed by atoms with Gasteiger partial charge in [-0.05, 0) is 24.3 Å². The van der Waals surface area contributed by atoms with Crippen LogP contribution < -0.4 is 4.74 Å². The Balaban J connectivity index is 2.16. The fraction of sp³-hybridized carbons (Fsp3) is 0.0714. The number of ether oxygens (including phenoxy) is 1. The Bertz CT molecular complexity index is 639. The van der Waals surface area contributed by atoms with E-state index in [0.717, 1.165) is 12.1 Å². The highest BCUT2D eigenvalue weighted by molar-refractivity contribution is 6.35. The smallest absolute Gasteiger partial charge is 0.338 e. The van der Waals surface area contributed by atoms with E-state index >= 15 is 0 Å². The van der Waals surface area contributed by atoms with Crippen molar-refractivity contribution in [3.8, 4) is 5.75 Å². The van der Waals surface area contributed by atoms with Gasteiger partial charge in [-0.3, -0.25) is 0 Å². The second-order valence-corrected chi connectivity index (χ2v) is 4.75. The van der Waals surface area contributed by atoms with Crippen LogP contribution in [0.15, 0.2) is 36.4 Å². The maximum absolute atomic E-state index is 13.5. The maximum Gasteiger partial charge on any atom is 0.338 e. The first-order chi connectivity index (χ1) is 9.49. The molecule has 3 nitrogen and oxygen atoms in total. The normalized spacial score (nSPS) is 10.3. The van der Waals surface area contributed by atoms with Crippen molar-refractivity contribution in [1.82, 2.24) is 0 Å². The highest BCUT2D eigenvalue weighted by Gasteiger charge is 2.12. The Morgan fingerprint density at radius 1 is 1.20 bits per heavy atom. The number of carboxylic acid groups (broad SMARTS) is 1. The lowest BCUT2D eigenvalue weighted by Crippen LogP contribution is -2.02. The third-order valence-electron chi connectivity index (χ3n) is 2.62. The van der Waals surface area contributed by atoms with Gasteiger partial charge in [-0.2, -0.15) is 0 Å². The molecule has 0 aliphatic rings. The van der Waals surface area contributed by atoms with Gasteiger partial charge in [0, 0.05) is 21.7 Å². The Kier molecular flexibility index (Phi) is 4.47. The topological polar surface area (TPSA) is 46.5 Å². The fourth-order valence-corrected chi connectivity index (χ4v) is 2.09. The first kappa shape index (κ1) is 14.6. The van der Waals surface area contributed by atoms with E-state index in [1.54, 1.807) is 18.2 Å². The molecule has 0 fully saturated rings. The van der Waals surface area contributed by atoms with Crippen molar-refractivity contribution in [2.24, 2.45) is 0 Å². The Labute approximate surface area is 124 Å². The van der Waals surface area contributed by atoms with Gasteiger partial charge in [-0.1, -0.05) is 29.3 Å². The molecule has 1 N–H and O–H groups in total. The molecular weight excluding hydrogens is 306 g/mol. The summed E-state index contributed by atoms with van der Waals surface area (Å²) >= 11 is 12.0. The van der Waals surface area contributed by atoms with Crippen LogP contribution in [0.1, 0.15) is 15.9 Å². The van der Waals surface area contributed by atoms with E-state index in [-0.39, 0.29) is 12.4 Å². The quantitative estimate of drug-likeness (QED) is 0.909. The highest BCUT2D eigenvalue weighted by Crippen LogP contribution is 2.26. The van der Waals surface area contributed by atoms with Crippen LogP contribution in [0.25, 0.3) is 0 Å². The minimum atomic E-state index is -1.33. The second kappa shape index (κ2) is 6.11. The lowest BCUT2D eigenvalue weighted by Gasteiger charge is -2.10. The minimum Gasteiger partial charge on any atom is -0.489 e. The van der Waals surface area contributed by atoms with Crippen LogP contribution in [-0.4, -0.2) is 11.1 Å². The van der Waals surface area contributed by atoms with Gasteiger partial charge in [0.2, 0.25) is 0 Å². The molecule has 20 heavy (non-hydrogen) atoms. The molecule has 6 heteroatoms. The molecule has 104 valence electrons. The molecular formula is C14H9Cl2FO3. The van der Waals surface area contributed by atoms with E-state index < -0.39 is 17.3 Å². The van der Waals surface area contributed by atoms with Gasteiger partial charge < -0.3 is 9.84 Å². The molecule has 2 aromatic rings. The zero-order valence-corrected chi connectivity index (χ0v) is 11.6. The molecule has 0 heterocycles. The average Bonchev–Trinajstić information content (AvgIpc) is 2.37. The molecule has 0 aliphatic heterocycles. The van der Waals surface area contributed by atoms with E-state index in [1.165, 1.54) is 6.07 Å². The van der Waals surface area contributed by atoms with Gasteiger partial charge in [0.15, 0.2) is 0 Å². The van der Waals surface area contributed by atoms with Gasteiger partial charge in [0.25, 0.3) is 0 Å². The molecule has 0 atom stereocenters. The Morgan fingerprint density at radius 2 is 1.85 bits per heavy atom. The van der Waals surface area contributed by atoms with Crippen molar-refractivity contribution in [3.63, 3.8) is 0 Å². The summed E-state index contributed by atoms with van der Waals surface area (Å²) in [6, 6.07) is 8.56. The number of hydrogen-bond acceptors (Lipinski definition) is 2. The van der Waals surface area contributed by atoms with Crippen molar-refractivity contribution in [3.05, 3.63) is 63.4 Å². The summed E-state index contributed by atoms with van der Waals surface area (Å²) < 4.78 is 18.8. The summed E-state index contributed by atoms with van der Waals surface area (Å²) in [6.07, 6.45) is 0. The van der Waals surface area contributed by atoms with Crippen LogP contribution >= 0.6 is 23.2 Å². The van der Waals surface area contributed by atoms with Crippen LogP contribution in [0, 0.1) is 5.82 Å². The van der Waals surface area contributed by atoms with E-state index in [4.69, 9.17) is 33.0 Å². The first-order valence-electron chi connectivity index (χ1n) is 5.57. The molecule has 2 rings (SSSR count). The van der Waals surface area contributed by atoms with Crippen LogP contribution in [0.4, 0.5) is 4.39 Å². The zero-order chi connectivity index (χ0) is 14.7. The van der Waals surface area contributed by atoms with Crippen molar-refractivity contribution in [2.75, 3.05) is 0 Å². The van der Waals surface area contributed by atoms with Gasteiger partial charge in [-0.25, -0.2) is 9.18 Å². The van der Waals surface area contributed by atoms with Crippen molar-refractivity contribution < 1.29 is 19.0 Å². The van der Waals surface area contributed by atoms with E-state index in [0.29, 0.717) is 15.6 Å². The predicted octanol–water partition coefficient (Wildman–Crippen LogP) is 4.41. The molecule has 0 bridgehead atoms. The fourth-order valence-electron chi connectivity index (χ4n) is 1.58. The lowest BCUT2D eigenvalue weighted by atomic mass is 10.2. The predicted molar refractivity (Wildman–Crippen MR) is 74.2 cm³/mol. The van der Waals surface area contributed by atoms with Gasteiger partial charge in [0.05, 0.1) is 5.56 Å². The number of carbonyl (C=O) groups is 1. The van der Waals surface area contributed by atoms with Crippen LogP contribution in [0.3, 0.4) is 0 Å². The highest BCUT2D eigenvalue weighted by atomic mass is 35.5. The summed E-state index contributed by atoms with van der Waals surface area (Å²) in [7, 11) is 0. The number of benzene rings is 2. The van der Waals surface area contributed by atoms with Gasteiger partial charge >= 0.3 is 5.97 Å². The zero-order valence-electron chi connectivity index (χ0n) is 10.1. The summed E-state index contributed by atoms with van der Waals surface area (Å²) in [6.45, 7) is 0.0599. The minimum absolute atomic E-state index is 0.0599. The van der Waals surface area contributed by atoms with E-state index in [2.05, 4.69) is 0 Å². The molecule has 0 saturated heterocycles. The number of rotatable bonds is 4. The third kappa shape index (κ3) is 3.21. The SMILES string of the molecule is O=C(O)c1ccc(OCc2c(Cl)cccc2Cl)cc1F. The van der Waals surface area contributed by atoms with Crippen molar-refractivity contribution in [2.45, 2.75) is 6.61 Å². The van der Waals surface area contributed by atoms with E-state index in [9.17, 15) is 9.18 Å². The molecule has 0 radical (unpaired) electrons. The Morgan fingerprint density at radius 3 is 2.40 bits per heavy atom. The molecule has 0 aliphatic carbocycles. The molecule has 0 amide bonds. The largest absolute Gasteiger partial charge is 0.489 e. The third-order valence-corrected chi connectivity index (χ3v) is 3.32. The summed E-state index contributed by atoms with van der Waals surface area (Å²) in [5.41, 5.74) is 0.173. The number of carboxylic acids is 1. The molecule has 2 aromatic carbocycles. The van der Waals surface area contributed by atoms with Crippen LogP contribution in [0.5, 0.6) is 5.75 Å². The van der Waals surface area contributed by atoms with Crippen LogP contribution in [0.2, 0.25) is 10.0 Å². The standard InChI is InChI=1S/C14H9Cl2FO3/c15-11-2-1-3-12(16)10(11)7-20-8-4-5-9(14(18)19)13(17)6-8/h1-6H,7H2,(H,18,19). The molecule has 0 aromatic heterocycles. The van der Waals surface area contributed by atoms with Crippen LogP contribution in [-0.2, 0) is 6.61 Å². The van der Waals surface area contributed by atoms with E-state index in [1.807, 2.05) is 0 Å². The van der Waals surface area contributed by atoms with Gasteiger partial charge in [-0.15, -0.1) is 0 Å². The monoisotopic (exact) mass is 314 g/mol. The van der Waals surface area contributed by atoms with Crippen molar-refractivity contribution in [1.29, 1.82) is 0 Å². The lowest BCUT2D eigenvalue weighted by molar-refractivity contribution is 0.0692. The first-order valence-corrected chi connectivity index (χ1v) is 6.33.